The van der Waals surface area contributed by atoms with E-state index >= 15 is 0 Å². The maximum absolute atomic E-state index is 13.2. The van der Waals surface area contributed by atoms with E-state index in [2.05, 4.69) is 10.3 Å². The van der Waals surface area contributed by atoms with E-state index in [1.54, 1.807) is 17.3 Å². The van der Waals surface area contributed by atoms with E-state index in [0.717, 1.165) is 15.6 Å². The number of carbonyl (C=O) groups is 3. The maximum Gasteiger partial charge on any atom is 0.328 e. The second-order valence-electron chi connectivity index (χ2n) is 10.7. The number of aliphatic hydroxyl groups is 1. The molecule has 2 atom stereocenters. The lowest BCUT2D eigenvalue weighted by Gasteiger charge is -2.37. The molecule has 1 fully saturated rings. The van der Waals surface area contributed by atoms with Crippen LogP contribution < -0.4 is 5.32 Å². The zero-order valence-electron chi connectivity index (χ0n) is 23.5. The van der Waals surface area contributed by atoms with Crippen LogP contribution in [0.5, 0.6) is 0 Å². The Morgan fingerprint density at radius 2 is 1.93 bits per heavy atom. The zero-order valence-corrected chi connectivity index (χ0v) is 25.9. The third kappa shape index (κ3) is 7.21. The average molecular weight is 644 g/mol. The standard InChI is InChI=1S/C31H32Cl2N4O5S/c1-42-29(39)24(16-23-18-36(19-34-23)17-20-5-3-2-4-6-20)35-30(40)31(41)10-12-37(13-11-31)25(38)8-7-21-15-22-9-14-43-28(22)27(33)26(21)32/h2-9,14-15,19,23-24,41H,10-13,16-18H2,1H3,(H,35,40)/b8-7+/t23?,24-/m0/s1. The van der Waals surface area contributed by atoms with Gasteiger partial charge < -0.3 is 25.0 Å². The van der Waals surface area contributed by atoms with E-state index in [9.17, 15) is 19.5 Å². The fourth-order valence-electron chi connectivity index (χ4n) is 5.31. The molecular weight excluding hydrogens is 611 g/mol. The summed E-state index contributed by atoms with van der Waals surface area (Å²) in [6.45, 7) is 1.60. The van der Waals surface area contributed by atoms with Gasteiger partial charge in [-0.15, -0.1) is 11.3 Å². The third-order valence-corrected chi connectivity index (χ3v) is 9.74. The minimum atomic E-state index is -1.73. The monoisotopic (exact) mass is 642 g/mol. The first-order valence-electron chi connectivity index (χ1n) is 13.9. The Kier molecular flexibility index (Phi) is 9.71. The summed E-state index contributed by atoms with van der Waals surface area (Å²) in [5.41, 5.74) is 0.0386. The Morgan fingerprint density at radius 3 is 2.65 bits per heavy atom. The summed E-state index contributed by atoms with van der Waals surface area (Å²) in [5, 5.41) is 17.5. The van der Waals surface area contributed by atoms with Crippen LogP contribution in [-0.2, 0) is 25.7 Å². The second-order valence-corrected chi connectivity index (χ2v) is 12.4. The maximum atomic E-state index is 13.2. The van der Waals surface area contributed by atoms with Gasteiger partial charge in [-0.1, -0.05) is 53.5 Å². The van der Waals surface area contributed by atoms with Crippen molar-refractivity contribution in [3.8, 4) is 0 Å². The van der Waals surface area contributed by atoms with Gasteiger partial charge in [0.1, 0.15) is 11.6 Å². The van der Waals surface area contributed by atoms with Crippen molar-refractivity contribution in [1.82, 2.24) is 15.1 Å². The lowest BCUT2D eigenvalue weighted by Crippen LogP contribution is -2.57. The van der Waals surface area contributed by atoms with Crippen molar-refractivity contribution < 1.29 is 24.2 Å². The molecule has 1 aromatic heterocycles. The van der Waals surface area contributed by atoms with Crippen molar-refractivity contribution in [3.63, 3.8) is 0 Å². The summed E-state index contributed by atoms with van der Waals surface area (Å²) < 4.78 is 5.82. The second kappa shape index (κ2) is 13.5. The van der Waals surface area contributed by atoms with E-state index in [4.69, 9.17) is 27.9 Å². The Balaban J connectivity index is 1.15. The number of fused-ring (bicyclic) bond motifs is 1. The number of likely N-dealkylation sites (tertiary alicyclic amines) is 1. The molecule has 0 bridgehead atoms. The van der Waals surface area contributed by atoms with Crippen LogP contribution in [0.25, 0.3) is 16.2 Å². The molecule has 0 aliphatic carbocycles. The van der Waals surface area contributed by atoms with Crippen LogP contribution in [0.3, 0.4) is 0 Å². The largest absolute Gasteiger partial charge is 0.467 e. The number of nitrogens with one attached hydrogen (secondary N) is 1. The van der Waals surface area contributed by atoms with E-state index in [1.807, 2.05) is 52.7 Å². The first-order chi connectivity index (χ1) is 20.7. The predicted octanol–water partition coefficient (Wildman–Crippen LogP) is 4.54. The quantitative estimate of drug-likeness (QED) is 0.262. The molecule has 12 heteroatoms. The van der Waals surface area contributed by atoms with Crippen molar-refractivity contribution in [2.45, 2.75) is 43.5 Å². The Bertz CT molecular complexity index is 1550. The molecule has 2 N–H and O–H groups in total. The molecule has 2 aliphatic rings. The van der Waals surface area contributed by atoms with Gasteiger partial charge in [-0.3, -0.25) is 14.6 Å². The molecule has 1 unspecified atom stereocenters. The molecular formula is C31H32Cl2N4O5S. The van der Waals surface area contributed by atoms with E-state index < -0.39 is 23.5 Å². The van der Waals surface area contributed by atoms with E-state index in [-0.39, 0.29) is 44.3 Å². The van der Waals surface area contributed by atoms with Gasteiger partial charge in [-0.2, -0.15) is 0 Å². The number of thiophene rings is 1. The van der Waals surface area contributed by atoms with Gasteiger partial charge >= 0.3 is 5.97 Å². The smallest absolute Gasteiger partial charge is 0.328 e. The Hall–Kier alpha value is -3.44. The molecule has 9 nitrogen and oxygen atoms in total. The van der Waals surface area contributed by atoms with Gasteiger partial charge in [0.05, 0.1) is 34.2 Å². The molecule has 5 rings (SSSR count). The Morgan fingerprint density at radius 1 is 1.19 bits per heavy atom. The zero-order chi connectivity index (χ0) is 30.6. The molecule has 3 heterocycles. The first kappa shape index (κ1) is 31.0. The molecule has 2 aromatic carbocycles. The molecule has 0 saturated carbocycles. The van der Waals surface area contributed by atoms with Crippen molar-refractivity contribution >= 4 is 74.8 Å². The minimum absolute atomic E-state index is 0.0200. The van der Waals surface area contributed by atoms with Crippen LogP contribution in [0.15, 0.2) is 58.9 Å². The van der Waals surface area contributed by atoms with Gasteiger partial charge in [-0.05, 0) is 40.1 Å². The normalized spacial score (nSPS) is 18.7. The number of benzene rings is 2. The highest BCUT2D eigenvalue weighted by atomic mass is 35.5. The van der Waals surface area contributed by atoms with Crippen LogP contribution in [0.4, 0.5) is 0 Å². The molecule has 2 aliphatic heterocycles. The number of piperidine rings is 1. The van der Waals surface area contributed by atoms with Crippen molar-refractivity contribution in [3.05, 3.63) is 75.1 Å². The number of halogens is 2. The van der Waals surface area contributed by atoms with Crippen LogP contribution in [0, 0.1) is 0 Å². The summed E-state index contributed by atoms with van der Waals surface area (Å²) in [4.78, 5) is 46.8. The number of rotatable bonds is 9. The number of hydrogen-bond donors (Lipinski definition) is 2. The number of amides is 2. The lowest BCUT2D eigenvalue weighted by molar-refractivity contribution is -0.153. The van der Waals surface area contributed by atoms with Crippen molar-refractivity contribution in [1.29, 1.82) is 0 Å². The topological polar surface area (TPSA) is 112 Å². The highest BCUT2D eigenvalue weighted by Gasteiger charge is 2.42. The number of aliphatic imine (C=N–C) groups is 1. The van der Waals surface area contributed by atoms with Gasteiger partial charge in [-0.25, -0.2) is 4.79 Å². The summed E-state index contributed by atoms with van der Waals surface area (Å²) >= 11 is 14.3. The van der Waals surface area contributed by atoms with E-state index in [1.165, 1.54) is 24.5 Å². The first-order valence-corrected chi connectivity index (χ1v) is 15.5. The number of carbonyl (C=O) groups excluding carboxylic acids is 3. The van der Waals surface area contributed by atoms with Crippen molar-refractivity contribution in [2.75, 3.05) is 26.7 Å². The molecule has 0 radical (unpaired) electrons. The number of esters is 1. The highest BCUT2D eigenvalue weighted by molar-refractivity contribution is 7.18. The number of hydrogen-bond acceptors (Lipinski definition) is 8. The molecule has 3 aromatic rings. The van der Waals surface area contributed by atoms with Crippen LogP contribution in [0.2, 0.25) is 10.0 Å². The summed E-state index contributed by atoms with van der Waals surface area (Å²) in [6, 6.07) is 12.6. The number of methoxy groups -OCH3 is 1. The molecule has 0 spiro atoms. The SMILES string of the molecule is COC(=O)[C@H](CC1CN(Cc2ccccc2)C=N1)NC(=O)C1(O)CCN(C(=O)/C=C/c2cc3ccsc3c(Cl)c2Cl)CC1. The molecule has 2 amide bonds. The van der Waals surface area contributed by atoms with Gasteiger partial charge in [0.25, 0.3) is 5.91 Å². The summed E-state index contributed by atoms with van der Waals surface area (Å²) in [5.74, 6) is -1.54. The lowest BCUT2D eigenvalue weighted by atomic mass is 9.89. The van der Waals surface area contributed by atoms with Crippen LogP contribution in [0.1, 0.15) is 30.4 Å². The summed E-state index contributed by atoms with van der Waals surface area (Å²) in [6.07, 6.45) is 5.06. The fourth-order valence-corrected chi connectivity index (χ4v) is 6.75. The summed E-state index contributed by atoms with van der Waals surface area (Å²) in [7, 11) is 1.26. The van der Waals surface area contributed by atoms with Crippen LogP contribution in [-0.4, -0.2) is 83.5 Å². The average Bonchev–Trinajstić information content (AvgIpc) is 3.67. The predicted molar refractivity (Wildman–Crippen MR) is 169 cm³/mol. The molecule has 226 valence electrons. The fraction of sp³-hybridized carbons (Fsp3) is 0.355. The number of nitrogens with zero attached hydrogens (tertiary/aromatic N) is 3. The molecule has 1 saturated heterocycles. The van der Waals surface area contributed by atoms with Crippen molar-refractivity contribution in [2.24, 2.45) is 4.99 Å². The van der Waals surface area contributed by atoms with Gasteiger partial charge in [0, 0.05) is 51.5 Å². The van der Waals surface area contributed by atoms with Crippen LogP contribution >= 0.6 is 34.5 Å². The number of ether oxygens (including phenoxy) is 1. The Labute approximate surface area is 263 Å². The van der Waals surface area contributed by atoms with Gasteiger partial charge in [0.2, 0.25) is 5.91 Å². The molecule has 43 heavy (non-hydrogen) atoms. The third-order valence-electron chi connectivity index (χ3n) is 7.80. The van der Waals surface area contributed by atoms with Gasteiger partial charge in [0.15, 0.2) is 0 Å². The minimum Gasteiger partial charge on any atom is -0.467 e. The highest BCUT2D eigenvalue weighted by Crippen LogP contribution is 2.37. The van der Waals surface area contributed by atoms with E-state index in [0.29, 0.717) is 28.7 Å².